The van der Waals surface area contributed by atoms with E-state index in [9.17, 15) is 17.6 Å². The summed E-state index contributed by atoms with van der Waals surface area (Å²) >= 11 is 1.22. The largest absolute Gasteiger partial charge is 0.334 e. The normalized spacial score (nSPS) is 18.7. The van der Waals surface area contributed by atoms with Gasteiger partial charge in [-0.15, -0.1) is 11.3 Å². The van der Waals surface area contributed by atoms with Crippen molar-refractivity contribution >= 4 is 27.3 Å². The first-order chi connectivity index (χ1) is 13.9. The van der Waals surface area contributed by atoms with E-state index in [0.717, 1.165) is 12.8 Å². The van der Waals surface area contributed by atoms with Crippen molar-refractivity contribution in [2.75, 3.05) is 32.7 Å². The molecule has 0 N–H and O–H groups in total. The third-order valence-corrected chi connectivity index (χ3v) is 8.66. The molecule has 2 fully saturated rings. The summed E-state index contributed by atoms with van der Waals surface area (Å²) in [5.41, 5.74) is 0.527. The first kappa shape index (κ1) is 20.5. The number of piperazine rings is 1. The highest BCUT2D eigenvalue weighted by Crippen LogP contribution is 2.29. The van der Waals surface area contributed by atoms with Crippen molar-refractivity contribution in [1.29, 1.82) is 0 Å². The number of amides is 1. The minimum Gasteiger partial charge on any atom is -0.334 e. The Kier molecular flexibility index (Phi) is 6.00. The average molecular weight is 438 g/mol. The van der Waals surface area contributed by atoms with Crippen molar-refractivity contribution in [3.63, 3.8) is 0 Å². The topological polar surface area (TPSA) is 60.9 Å². The van der Waals surface area contributed by atoms with Crippen molar-refractivity contribution in [2.45, 2.75) is 29.6 Å². The van der Waals surface area contributed by atoms with Gasteiger partial charge in [-0.1, -0.05) is 24.3 Å². The summed E-state index contributed by atoms with van der Waals surface area (Å²) in [6.07, 6.45) is 1.90. The fourth-order valence-electron chi connectivity index (χ4n) is 3.56. The van der Waals surface area contributed by atoms with Crippen LogP contribution in [0.25, 0.3) is 0 Å². The minimum atomic E-state index is -3.45. The van der Waals surface area contributed by atoms with Gasteiger partial charge in [-0.05, 0) is 30.4 Å². The predicted octanol–water partition coefficient (Wildman–Crippen LogP) is 2.38. The predicted molar refractivity (Wildman–Crippen MR) is 109 cm³/mol. The van der Waals surface area contributed by atoms with Crippen LogP contribution in [0.5, 0.6) is 0 Å². The van der Waals surface area contributed by atoms with Crippen LogP contribution in [0.1, 0.15) is 18.4 Å². The van der Waals surface area contributed by atoms with Crippen LogP contribution in [-0.2, 0) is 21.4 Å². The van der Waals surface area contributed by atoms with E-state index >= 15 is 0 Å². The standard InChI is InChI=1S/C20H24FN3O3S2/c21-18-5-2-1-4-16(18)14-24(17-7-8-17)19(25)15-22-9-11-23(12-10-22)29(26,27)20-6-3-13-28-20/h1-6,13,17H,7-12,14-15H2. The van der Waals surface area contributed by atoms with Gasteiger partial charge >= 0.3 is 0 Å². The number of carbonyl (C=O) groups excluding carboxylic acids is 1. The number of rotatable bonds is 7. The van der Waals surface area contributed by atoms with Gasteiger partial charge in [0.15, 0.2) is 0 Å². The van der Waals surface area contributed by atoms with Gasteiger partial charge in [0.25, 0.3) is 10.0 Å². The second kappa shape index (κ2) is 8.51. The Morgan fingerprint density at radius 1 is 1.10 bits per heavy atom. The van der Waals surface area contributed by atoms with Crippen molar-refractivity contribution < 1.29 is 17.6 Å². The fraction of sp³-hybridized carbons (Fsp3) is 0.450. The molecule has 1 saturated heterocycles. The quantitative estimate of drug-likeness (QED) is 0.667. The highest BCUT2D eigenvalue weighted by Gasteiger charge is 2.35. The van der Waals surface area contributed by atoms with E-state index in [1.165, 1.54) is 21.7 Å². The van der Waals surface area contributed by atoms with Crippen molar-refractivity contribution in [3.05, 3.63) is 53.2 Å². The number of benzene rings is 1. The Bertz CT molecular complexity index is 953. The molecule has 29 heavy (non-hydrogen) atoms. The summed E-state index contributed by atoms with van der Waals surface area (Å²) in [4.78, 5) is 16.7. The summed E-state index contributed by atoms with van der Waals surface area (Å²) in [7, 11) is -3.45. The first-order valence-corrected chi connectivity index (χ1v) is 12.1. The molecule has 6 nitrogen and oxygen atoms in total. The Labute approximate surface area is 174 Å². The van der Waals surface area contributed by atoms with Crippen LogP contribution < -0.4 is 0 Å². The molecule has 1 aromatic carbocycles. The van der Waals surface area contributed by atoms with Crippen molar-refractivity contribution in [3.8, 4) is 0 Å². The molecule has 0 spiro atoms. The number of hydrogen-bond donors (Lipinski definition) is 0. The third kappa shape index (κ3) is 4.69. The number of halogens is 1. The van der Waals surface area contributed by atoms with Crippen LogP contribution in [0.4, 0.5) is 4.39 Å². The molecule has 1 aliphatic carbocycles. The molecular formula is C20H24FN3O3S2. The number of thiophene rings is 1. The molecule has 0 unspecified atom stereocenters. The molecule has 4 rings (SSSR count). The van der Waals surface area contributed by atoms with Gasteiger partial charge in [-0.25, -0.2) is 12.8 Å². The summed E-state index contributed by atoms with van der Waals surface area (Å²) in [6.45, 7) is 2.26. The summed E-state index contributed by atoms with van der Waals surface area (Å²) in [5.74, 6) is -0.316. The Morgan fingerprint density at radius 2 is 1.83 bits per heavy atom. The van der Waals surface area contributed by atoms with E-state index in [0.29, 0.717) is 36.0 Å². The monoisotopic (exact) mass is 437 g/mol. The molecule has 0 bridgehead atoms. The van der Waals surface area contributed by atoms with Crippen LogP contribution in [0.3, 0.4) is 0 Å². The van der Waals surface area contributed by atoms with Crippen molar-refractivity contribution in [1.82, 2.24) is 14.1 Å². The van der Waals surface area contributed by atoms with Gasteiger partial charge in [-0.3, -0.25) is 9.69 Å². The first-order valence-electron chi connectivity index (χ1n) is 9.74. The van der Waals surface area contributed by atoms with Gasteiger partial charge in [0.2, 0.25) is 5.91 Å². The number of hydrogen-bond acceptors (Lipinski definition) is 5. The van der Waals surface area contributed by atoms with Crippen LogP contribution in [-0.4, -0.2) is 67.2 Å². The maximum absolute atomic E-state index is 14.0. The molecular weight excluding hydrogens is 413 g/mol. The molecule has 0 radical (unpaired) electrons. The lowest BCUT2D eigenvalue weighted by Crippen LogP contribution is -2.51. The van der Waals surface area contributed by atoms with E-state index in [1.54, 1.807) is 40.6 Å². The second-order valence-corrected chi connectivity index (χ2v) is 10.6. The second-order valence-electron chi connectivity index (χ2n) is 7.46. The van der Waals surface area contributed by atoms with Crippen LogP contribution in [0, 0.1) is 5.82 Å². The third-order valence-electron chi connectivity index (χ3n) is 5.39. The van der Waals surface area contributed by atoms with Gasteiger partial charge in [-0.2, -0.15) is 4.31 Å². The Balaban J connectivity index is 1.34. The zero-order chi connectivity index (χ0) is 20.4. The lowest BCUT2D eigenvalue weighted by atomic mass is 10.2. The van der Waals surface area contributed by atoms with Gasteiger partial charge in [0.05, 0.1) is 6.54 Å². The maximum atomic E-state index is 14.0. The zero-order valence-electron chi connectivity index (χ0n) is 16.0. The Hall–Kier alpha value is -1.81. The van der Waals surface area contributed by atoms with E-state index in [4.69, 9.17) is 0 Å². The molecule has 1 saturated carbocycles. The molecule has 2 aromatic rings. The van der Waals surface area contributed by atoms with E-state index in [-0.39, 0.29) is 30.9 Å². The minimum absolute atomic E-state index is 0.0229. The maximum Gasteiger partial charge on any atom is 0.252 e. The fourth-order valence-corrected chi connectivity index (χ4v) is 6.13. The smallest absolute Gasteiger partial charge is 0.252 e. The van der Waals surface area contributed by atoms with E-state index in [1.807, 2.05) is 4.90 Å². The number of nitrogens with zero attached hydrogens (tertiary/aromatic N) is 3. The highest BCUT2D eigenvalue weighted by molar-refractivity contribution is 7.91. The zero-order valence-corrected chi connectivity index (χ0v) is 17.7. The lowest BCUT2D eigenvalue weighted by molar-refractivity contribution is -0.134. The molecule has 2 aliphatic rings. The Morgan fingerprint density at radius 3 is 2.45 bits per heavy atom. The van der Waals surface area contributed by atoms with Gasteiger partial charge in [0.1, 0.15) is 10.0 Å². The van der Waals surface area contributed by atoms with Gasteiger partial charge in [0, 0.05) is 44.3 Å². The average Bonchev–Trinajstić information content (AvgIpc) is 3.38. The van der Waals surface area contributed by atoms with E-state index in [2.05, 4.69) is 0 Å². The molecule has 156 valence electrons. The molecule has 1 aliphatic heterocycles. The summed E-state index contributed by atoms with van der Waals surface area (Å²) in [5, 5.41) is 1.75. The molecule has 1 amide bonds. The highest BCUT2D eigenvalue weighted by atomic mass is 32.2. The molecule has 0 atom stereocenters. The van der Waals surface area contributed by atoms with Crippen molar-refractivity contribution in [2.24, 2.45) is 0 Å². The molecule has 1 aromatic heterocycles. The van der Waals surface area contributed by atoms with Crippen LogP contribution in [0.2, 0.25) is 0 Å². The van der Waals surface area contributed by atoms with Crippen LogP contribution >= 0.6 is 11.3 Å². The number of carbonyl (C=O) groups is 1. The molecule has 2 heterocycles. The summed E-state index contributed by atoms with van der Waals surface area (Å²) < 4.78 is 41.1. The van der Waals surface area contributed by atoms with E-state index < -0.39 is 10.0 Å². The van der Waals surface area contributed by atoms with Crippen LogP contribution in [0.15, 0.2) is 46.0 Å². The molecule has 9 heteroatoms. The van der Waals surface area contributed by atoms with Gasteiger partial charge < -0.3 is 4.90 Å². The SMILES string of the molecule is O=C(CN1CCN(S(=O)(=O)c2cccs2)CC1)N(Cc1ccccc1F)C1CC1. The summed E-state index contributed by atoms with van der Waals surface area (Å²) in [6, 6.07) is 10.1. The lowest BCUT2D eigenvalue weighted by Gasteiger charge is -2.34. The number of sulfonamides is 1.